The minimum absolute atomic E-state index is 0.116. The minimum Gasteiger partial charge on any atom is -0.407 e. The molecule has 1 amide bonds. The van der Waals surface area contributed by atoms with Crippen LogP contribution in [0, 0.1) is 22.0 Å². The lowest BCUT2D eigenvalue weighted by molar-refractivity contribution is -0.384. The molecule has 2 heterocycles. The molecule has 0 spiro atoms. The molecule has 2 fully saturated rings. The van der Waals surface area contributed by atoms with Crippen molar-refractivity contribution < 1.29 is 14.1 Å². The second kappa shape index (κ2) is 7.77. The number of carbonyl (C=O) groups excluding carboxylic acids is 1. The first-order valence-electron chi connectivity index (χ1n) is 10.1. The molecule has 4 rings (SSSR count). The summed E-state index contributed by atoms with van der Waals surface area (Å²) in [6, 6.07) is 4.13. The highest BCUT2D eigenvalue weighted by Crippen LogP contribution is 2.36. The van der Waals surface area contributed by atoms with Crippen molar-refractivity contribution in [3.63, 3.8) is 0 Å². The number of benzene rings is 1. The second-order valence-electron chi connectivity index (χ2n) is 7.97. The number of nitro benzene ring substituents is 1. The van der Waals surface area contributed by atoms with Gasteiger partial charge < -0.3 is 9.32 Å². The topological polar surface area (TPSA) is 98.6 Å². The Morgan fingerprint density at radius 3 is 2.79 bits per heavy atom. The fraction of sp³-hybridized carbons (Fsp3) is 0.600. The SMILES string of the molecule is O=C(CCCn1c(=O)oc2cc([N+](=O)[O-])ccc21)N1CC[C@@H]2CCCC[C@H]2C1. The average Bonchev–Trinajstić information content (AvgIpc) is 3.02. The van der Waals surface area contributed by atoms with Crippen molar-refractivity contribution in [1.29, 1.82) is 0 Å². The Balaban J connectivity index is 1.36. The maximum Gasteiger partial charge on any atom is 0.419 e. The van der Waals surface area contributed by atoms with Gasteiger partial charge in [-0.15, -0.1) is 0 Å². The van der Waals surface area contributed by atoms with E-state index in [0.29, 0.717) is 30.8 Å². The molecule has 2 aromatic rings. The van der Waals surface area contributed by atoms with Crippen LogP contribution in [0.4, 0.5) is 5.69 Å². The lowest BCUT2D eigenvalue weighted by Crippen LogP contribution is -2.44. The van der Waals surface area contributed by atoms with Crippen molar-refractivity contribution in [3.05, 3.63) is 38.9 Å². The first-order chi connectivity index (χ1) is 13.5. The lowest BCUT2D eigenvalue weighted by Gasteiger charge is -2.41. The number of fused-ring (bicyclic) bond motifs is 2. The summed E-state index contributed by atoms with van der Waals surface area (Å²) in [5, 5.41) is 10.9. The number of amides is 1. The van der Waals surface area contributed by atoms with E-state index in [1.807, 2.05) is 4.90 Å². The van der Waals surface area contributed by atoms with Gasteiger partial charge in [0, 0.05) is 32.1 Å². The van der Waals surface area contributed by atoms with Gasteiger partial charge >= 0.3 is 5.76 Å². The van der Waals surface area contributed by atoms with E-state index in [-0.39, 0.29) is 17.2 Å². The number of hydrogen-bond donors (Lipinski definition) is 0. The molecule has 1 aliphatic carbocycles. The summed E-state index contributed by atoms with van der Waals surface area (Å²) < 4.78 is 6.57. The third kappa shape index (κ3) is 3.68. The Hall–Kier alpha value is -2.64. The van der Waals surface area contributed by atoms with Crippen LogP contribution >= 0.6 is 0 Å². The Bertz CT molecular complexity index is 947. The van der Waals surface area contributed by atoms with E-state index in [1.54, 1.807) is 0 Å². The Labute approximate surface area is 162 Å². The van der Waals surface area contributed by atoms with E-state index in [1.165, 1.54) is 48.4 Å². The standard InChI is InChI=1S/C20H25N3O5/c24-19(21-11-9-14-4-1-2-5-15(14)13-21)6-3-10-22-17-8-7-16(23(26)27)12-18(17)28-20(22)25/h7-8,12,14-15H,1-6,9-11,13H2/t14-,15-/m0/s1. The summed E-state index contributed by atoms with van der Waals surface area (Å²) in [6.07, 6.45) is 7.18. The van der Waals surface area contributed by atoms with E-state index in [2.05, 4.69) is 0 Å². The van der Waals surface area contributed by atoms with Crippen molar-refractivity contribution in [3.8, 4) is 0 Å². The third-order valence-electron chi connectivity index (χ3n) is 6.28. The molecular formula is C20H25N3O5. The molecule has 2 aliphatic rings. The number of nitrogens with zero attached hydrogens (tertiary/aromatic N) is 3. The fourth-order valence-corrected chi connectivity index (χ4v) is 4.75. The highest BCUT2D eigenvalue weighted by atomic mass is 16.6. The molecule has 1 aromatic carbocycles. The number of aryl methyl sites for hydroxylation is 1. The Morgan fingerprint density at radius 2 is 2.00 bits per heavy atom. The van der Waals surface area contributed by atoms with Crippen molar-refractivity contribution in [1.82, 2.24) is 9.47 Å². The number of rotatable bonds is 5. The summed E-state index contributed by atoms with van der Waals surface area (Å²) in [5.74, 6) is 1.05. The van der Waals surface area contributed by atoms with Crippen molar-refractivity contribution in [2.75, 3.05) is 13.1 Å². The van der Waals surface area contributed by atoms with Gasteiger partial charge in [-0.3, -0.25) is 19.5 Å². The van der Waals surface area contributed by atoms with Crippen LogP contribution in [0.2, 0.25) is 0 Å². The average molecular weight is 387 g/mol. The van der Waals surface area contributed by atoms with Crippen LogP contribution < -0.4 is 5.76 Å². The van der Waals surface area contributed by atoms with Crippen LogP contribution in [0.25, 0.3) is 11.1 Å². The van der Waals surface area contributed by atoms with Gasteiger partial charge in [0.2, 0.25) is 5.91 Å². The van der Waals surface area contributed by atoms with Gasteiger partial charge in [0.15, 0.2) is 5.58 Å². The number of likely N-dealkylation sites (tertiary alicyclic amines) is 1. The predicted molar refractivity (Wildman–Crippen MR) is 103 cm³/mol. The van der Waals surface area contributed by atoms with Gasteiger partial charge in [0.25, 0.3) is 5.69 Å². The van der Waals surface area contributed by atoms with Crippen LogP contribution in [-0.2, 0) is 11.3 Å². The van der Waals surface area contributed by atoms with E-state index in [0.717, 1.165) is 25.4 Å². The number of nitro groups is 1. The largest absolute Gasteiger partial charge is 0.419 e. The van der Waals surface area contributed by atoms with Gasteiger partial charge in [-0.25, -0.2) is 4.79 Å². The maximum atomic E-state index is 12.6. The molecule has 1 saturated heterocycles. The first-order valence-corrected chi connectivity index (χ1v) is 10.1. The zero-order chi connectivity index (χ0) is 19.7. The molecule has 0 N–H and O–H groups in total. The van der Waals surface area contributed by atoms with E-state index in [4.69, 9.17) is 4.42 Å². The molecule has 8 nitrogen and oxygen atoms in total. The number of non-ortho nitro benzene ring substituents is 1. The molecule has 1 aliphatic heterocycles. The summed E-state index contributed by atoms with van der Waals surface area (Å²) >= 11 is 0. The molecule has 0 unspecified atom stereocenters. The van der Waals surface area contributed by atoms with Crippen molar-refractivity contribution >= 4 is 22.7 Å². The van der Waals surface area contributed by atoms with Crippen LogP contribution in [0.5, 0.6) is 0 Å². The predicted octanol–water partition coefficient (Wildman–Crippen LogP) is 3.32. The van der Waals surface area contributed by atoms with Gasteiger partial charge in [-0.2, -0.15) is 0 Å². The number of aromatic nitrogens is 1. The molecule has 0 radical (unpaired) electrons. The zero-order valence-corrected chi connectivity index (χ0v) is 15.8. The minimum atomic E-state index is -0.550. The first kappa shape index (κ1) is 18.7. The fourth-order valence-electron chi connectivity index (χ4n) is 4.75. The monoisotopic (exact) mass is 387 g/mol. The highest BCUT2D eigenvalue weighted by Gasteiger charge is 2.32. The molecule has 28 heavy (non-hydrogen) atoms. The van der Waals surface area contributed by atoms with Gasteiger partial charge in [0.1, 0.15) is 0 Å². The van der Waals surface area contributed by atoms with Crippen LogP contribution in [0.15, 0.2) is 27.4 Å². The number of hydrogen-bond acceptors (Lipinski definition) is 5. The Kier molecular flexibility index (Phi) is 5.19. The maximum absolute atomic E-state index is 12.6. The smallest absolute Gasteiger partial charge is 0.407 e. The summed E-state index contributed by atoms with van der Waals surface area (Å²) in [4.78, 5) is 37.0. The molecular weight excluding hydrogens is 362 g/mol. The normalized spacial score (nSPS) is 22.2. The third-order valence-corrected chi connectivity index (χ3v) is 6.28. The summed E-state index contributed by atoms with van der Waals surface area (Å²) in [6.45, 7) is 2.08. The zero-order valence-electron chi connectivity index (χ0n) is 15.8. The lowest BCUT2D eigenvalue weighted by atomic mass is 9.75. The summed E-state index contributed by atoms with van der Waals surface area (Å²) in [5.41, 5.74) is 0.602. The van der Waals surface area contributed by atoms with Gasteiger partial charge in [0.05, 0.1) is 16.5 Å². The van der Waals surface area contributed by atoms with E-state index >= 15 is 0 Å². The molecule has 1 saturated carbocycles. The van der Waals surface area contributed by atoms with Crippen LogP contribution in [-0.4, -0.2) is 33.4 Å². The van der Waals surface area contributed by atoms with Gasteiger partial charge in [-0.05, 0) is 37.2 Å². The molecule has 1 aromatic heterocycles. The highest BCUT2D eigenvalue weighted by molar-refractivity contribution is 5.77. The Morgan fingerprint density at radius 1 is 1.21 bits per heavy atom. The molecule has 150 valence electrons. The van der Waals surface area contributed by atoms with Crippen molar-refractivity contribution in [2.24, 2.45) is 11.8 Å². The van der Waals surface area contributed by atoms with Gasteiger partial charge in [-0.1, -0.05) is 19.3 Å². The molecule has 8 heteroatoms. The van der Waals surface area contributed by atoms with E-state index in [9.17, 15) is 19.7 Å². The quantitative estimate of drug-likeness (QED) is 0.579. The number of carbonyl (C=O) groups is 1. The second-order valence-corrected chi connectivity index (χ2v) is 7.97. The van der Waals surface area contributed by atoms with Crippen LogP contribution in [0.3, 0.4) is 0 Å². The van der Waals surface area contributed by atoms with E-state index < -0.39 is 10.7 Å². The van der Waals surface area contributed by atoms with Crippen LogP contribution in [0.1, 0.15) is 44.9 Å². The molecule has 2 atom stereocenters. The number of piperidine rings is 1. The summed E-state index contributed by atoms with van der Waals surface area (Å²) in [7, 11) is 0. The van der Waals surface area contributed by atoms with Crippen molar-refractivity contribution in [2.45, 2.75) is 51.5 Å². The molecule has 0 bridgehead atoms. The number of oxazole rings is 1.